The molecule has 9 heteroatoms. The number of hydrogen-bond donors (Lipinski definition) is 0. The molecule has 1 saturated heterocycles. The molecule has 0 unspecified atom stereocenters. The van der Waals surface area contributed by atoms with E-state index in [4.69, 9.17) is 18.9 Å². The summed E-state index contributed by atoms with van der Waals surface area (Å²) >= 11 is 3.54. The van der Waals surface area contributed by atoms with Crippen molar-refractivity contribution in [1.29, 1.82) is 0 Å². The van der Waals surface area contributed by atoms with Gasteiger partial charge >= 0.3 is 17.9 Å². The predicted molar refractivity (Wildman–Crippen MR) is 122 cm³/mol. The minimum Gasteiger partial charge on any atom is -0.456 e. The van der Waals surface area contributed by atoms with Crippen LogP contribution in [-0.4, -0.2) is 57.9 Å². The molecule has 0 spiro atoms. The number of carbonyl (C=O) groups is 3. The molecule has 1 aromatic rings. The molecule has 1 aliphatic heterocycles. The molecule has 1 aromatic carbocycles. The quantitative estimate of drug-likeness (QED) is 0.212. The minimum atomic E-state index is -0.959. The summed E-state index contributed by atoms with van der Waals surface area (Å²) in [6.07, 6.45) is 0.708. The van der Waals surface area contributed by atoms with Crippen molar-refractivity contribution >= 4 is 58.3 Å². The largest absolute Gasteiger partial charge is 0.456 e. The Hall–Kier alpha value is -1.59. The Balaban J connectivity index is 2.20. The Bertz CT molecular complexity index is 755. The second-order valence-corrected chi connectivity index (χ2v) is 8.58. The van der Waals surface area contributed by atoms with Gasteiger partial charge in [0.2, 0.25) is 0 Å². The van der Waals surface area contributed by atoms with Crippen LogP contribution in [0, 0.1) is 0 Å². The Labute approximate surface area is 194 Å². The summed E-state index contributed by atoms with van der Waals surface area (Å²) in [6, 6.07) is 9.85. The lowest BCUT2D eigenvalue weighted by Gasteiger charge is -2.44. The second-order valence-electron chi connectivity index (χ2n) is 6.57. The molecule has 0 bridgehead atoms. The van der Waals surface area contributed by atoms with Gasteiger partial charge in [0.05, 0.1) is 0 Å². The zero-order valence-corrected chi connectivity index (χ0v) is 20.0. The third kappa shape index (κ3) is 7.59. The van der Waals surface area contributed by atoms with E-state index in [1.807, 2.05) is 42.5 Å². The van der Waals surface area contributed by atoms with Crippen molar-refractivity contribution in [1.82, 2.24) is 0 Å². The summed E-state index contributed by atoms with van der Waals surface area (Å²) < 4.78 is 22.9. The molecule has 1 aliphatic rings. The summed E-state index contributed by atoms with van der Waals surface area (Å²) in [5.41, 5.74) is 0.474. The zero-order chi connectivity index (χ0) is 22.1. The highest BCUT2D eigenvalue weighted by molar-refractivity contribution is 14.1. The van der Waals surface area contributed by atoms with Crippen LogP contribution >= 0.6 is 34.4 Å². The number of alkyl halides is 1. The van der Waals surface area contributed by atoms with Crippen molar-refractivity contribution in [2.75, 3.05) is 10.2 Å². The van der Waals surface area contributed by atoms with E-state index in [1.165, 1.54) is 32.5 Å². The average Bonchev–Trinajstić information content (AvgIpc) is 2.68. The lowest BCUT2D eigenvalue weighted by atomic mass is 10.00. The average molecular weight is 548 g/mol. The first-order valence-corrected chi connectivity index (χ1v) is 12.0. The highest BCUT2D eigenvalue weighted by atomic mass is 127. The predicted octanol–water partition coefficient (Wildman–Crippen LogP) is 3.39. The Morgan fingerprint density at radius 2 is 1.53 bits per heavy atom. The lowest BCUT2D eigenvalue weighted by molar-refractivity contribution is -0.227. The Morgan fingerprint density at radius 3 is 2.10 bits per heavy atom. The van der Waals surface area contributed by atoms with Gasteiger partial charge in [-0.25, -0.2) is 0 Å². The van der Waals surface area contributed by atoms with Crippen LogP contribution in [0.2, 0.25) is 0 Å². The first-order chi connectivity index (χ1) is 14.3. The third-order valence-electron chi connectivity index (χ3n) is 4.12. The molecular weight excluding hydrogens is 523 g/mol. The van der Waals surface area contributed by atoms with Gasteiger partial charge in [0.25, 0.3) is 0 Å². The summed E-state index contributed by atoms with van der Waals surface area (Å²) in [6.45, 7) is 3.80. The van der Waals surface area contributed by atoms with E-state index in [0.29, 0.717) is 10.2 Å². The highest BCUT2D eigenvalue weighted by Crippen LogP contribution is 2.34. The van der Waals surface area contributed by atoms with Crippen molar-refractivity contribution in [2.45, 2.75) is 50.6 Å². The lowest BCUT2D eigenvalue weighted by Crippen LogP contribution is -2.61. The van der Waals surface area contributed by atoms with Crippen LogP contribution in [-0.2, 0) is 33.3 Å². The SMILES string of the molecule is CC(=O)O[C@@H]1[C@H](OC(C)=O)[C@@H](SC/C=C/c2ccccc2)O[C@H](CI)[C@H]1OC(C)=O. The molecule has 164 valence electrons. The minimum absolute atomic E-state index is 0.497. The molecule has 30 heavy (non-hydrogen) atoms. The van der Waals surface area contributed by atoms with Gasteiger partial charge in [-0.05, 0) is 5.56 Å². The van der Waals surface area contributed by atoms with E-state index in [-0.39, 0.29) is 0 Å². The standard InChI is InChI=1S/C21H25IO7S/c1-13(23)26-18-17(12-22)29-21(20(28-15(3)25)19(18)27-14(2)24)30-11-7-10-16-8-5-4-6-9-16/h4-10,17-21H,11-12H2,1-3H3/b10-7+/t17-,18-,19+,20+,21-/m1/s1. The van der Waals surface area contributed by atoms with Gasteiger partial charge in [0.1, 0.15) is 11.5 Å². The van der Waals surface area contributed by atoms with Gasteiger partial charge in [-0.1, -0.05) is 65.1 Å². The van der Waals surface area contributed by atoms with E-state index in [2.05, 4.69) is 22.6 Å². The number of carbonyl (C=O) groups excluding carboxylic acids is 3. The smallest absolute Gasteiger partial charge is 0.303 e. The molecule has 1 heterocycles. The molecule has 0 radical (unpaired) electrons. The summed E-state index contributed by atoms with van der Waals surface area (Å²) in [4.78, 5) is 35.1. The van der Waals surface area contributed by atoms with Crippen molar-refractivity contribution in [3.63, 3.8) is 0 Å². The van der Waals surface area contributed by atoms with Gasteiger partial charge in [-0.15, -0.1) is 11.8 Å². The number of rotatable bonds is 8. The van der Waals surface area contributed by atoms with E-state index in [1.54, 1.807) is 0 Å². The molecule has 0 N–H and O–H groups in total. The molecule has 0 aromatic heterocycles. The van der Waals surface area contributed by atoms with Crippen LogP contribution in [0.3, 0.4) is 0 Å². The van der Waals surface area contributed by atoms with Crippen LogP contribution in [0.25, 0.3) is 6.08 Å². The molecule has 0 amide bonds. The van der Waals surface area contributed by atoms with Crippen molar-refractivity contribution in [2.24, 2.45) is 0 Å². The Kier molecular flexibility index (Phi) is 10.1. The molecule has 1 fully saturated rings. The van der Waals surface area contributed by atoms with Gasteiger partial charge in [-0.3, -0.25) is 14.4 Å². The molecule has 0 aliphatic carbocycles. The van der Waals surface area contributed by atoms with Gasteiger partial charge < -0.3 is 18.9 Å². The van der Waals surface area contributed by atoms with Crippen LogP contribution in [0.4, 0.5) is 0 Å². The highest BCUT2D eigenvalue weighted by Gasteiger charge is 2.51. The fraction of sp³-hybridized carbons (Fsp3) is 0.476. The van der Waals surface area contributed by atoms with Crippen molar-refractivity contribution < 1.29 is 33.3 Å². The van der Waals surface area contributed by atoms with Gasteiger partial charge in [0, 0.05) is 31.0 Å². The molecular formula is C21H25IO7S. The topological polar surface area (TPSA) is 88.1 Å². The van der Waals surface area contributed by atoms with E-state index < -0.39 is 47.8 Å². The molecule has 5 atom stereocenters. The molecule has 7 nitrogen and oxygen atoms in total. The van der Waals surface area contributed by atoms with E-state index in [9.17, 15) is 14.4 Å². The van der Waals surface area contributed by atoms with Gasteiger partial charge in [0.15, 0.2) is 18.3 Å². The molecule has 0 saturated carbocycles. The number of thioether (sulfide) groups is 1. The van der Waals surface area contributed by atoms with Crippen LogP contribution in [0.5, 0.6) is 0 Å². The van der Waals surface area contributed by atoms with Crippen LogP contribution in [0.1, 0.15) is 26.3 Å². The zero-order valence-electron chi connectivity index (χ0n) is 17.0. The first kappa shape index (κ1) is 24.7. The van der Waals surface area contributed by atoms with Crippen molar-refractivity contribution in [3.8, 4) is 0 Å². The van der Waals surface area contributed by atoms with Crippen LogP contribution < -0.4 is 0 Å². The van der Waals surface area contributed by atoms with E-state index in [0.717, 1.165) is 5.56 Å². The maximum absolute atomic E-state index is 11.7. The maximum atomic E-state index is 11.7. The van der Waals surface area contributed by atoms with Crippen LogP contribution in [0.15, 0.2) is 36.4 Å². The Morgan fingerprint density at radius 1 is 0.967 bits per heavy atom. The summed E-state index contributed by atoms with van der Waals surface area (Å²) in [7, 11) is 0. The monoisotopic (exact) mass is 548 g/mol. The maximum Gasteiger partial charge on any atom is 0.303 e. The number of ether oxygens (including phenoxy) is 4. The fourth-order valence-electron chi connectivity index (χ4n) is 3.01. The second kappa shape index (κ2) is 12.3. The van der Waals surface area contributed by atoms with Gasteiger partial charge in [-0.2, -0.15) is 0 Å². The number of hydrogen-bond acceptors (Lipinski definition) is 8. The number of halogens is 1. The van der Waals surface area contributed by atoms with E-state index >= 15 is 0 Å². The number of benzene rings is 1. The van der Waals surface area contributed by atoms with Crippen molar-refractivity contribution in [3.05, 3.63) is 42.0 Å². The fourth-order valence-corrected chi connectivity index (χ4v) is 4.74. The normalized spacial score (nSPS) is 26.2. The summed E-state index contributed by atoms with van der Waals surface area (Å²) in [5.74, 6) is -1.05. The molecule has 2 rings (SSSR count). The number of esters is 3. The summed E-state index contributed by atoms with van der Waals surface area (Å²) in [5, 5.41) is 0. The first-order valence-electron chi connectivity index (χ1n) is 9.38. The third-order valence-corrected chi connectivity index (χ3v) is 6.08.